The summed E-state index contributed by atoms with van der Waals surface area (Å²) in [6.45, 7) is 7.43. The average molecular weight is 257 g/mol. The van der Waals surface area contributed by atoms with Crippen molar-refractivity contribution < 1.29 is 5.11 Å². The molecule has 0 aliphatic carbocycles. The maximum absolute atomic E-state index is 10.5. The fraction of sp³-hybridized carbons (Fsp3) is 0.467. The van der Waals surface area contributed by atoms with Crippen LogP contribution in [0, 0.1) is 5.41 Å². The van der Waals surface area contributed by atoms with Crippen molar-refractivity contribution in [3.8, 4) is 0 Å². The summed E-state index contributed by atoms with van der Waals surface area (Å²) in [6.07, 6.45) is 1.79. The summed E-state index contributed by atoms with van der Waals surface area (Å²) in [7, 11) is 0. The van der Waals surface area contributed by atoms with Gasteiger partial charge in [-0.05, 0) is 19.1 Å². The molecule has 1 aromatic carbocycles. The molecular weight excluding hydrogens is 238 g/mol. The zero-order valence-corrected chi connectivity index (χ0v) is 11.6. The van der Waals surface area contributed by atoms with Gasteiger partial charge in [-0.15, -0.1) is 0 Å². The summed E-state index contributed by atoms with van der Waals surface area (Å²) < 4.78 is 0. The van der Waals surface area contributed by atoms with Crippen LogP contribution in [-0.4, -0.2) is 33.8 Å². The lowest BCUT2D eigenvalue weighted by molar-refractivity contribution is -0.00891. The molecule has 0 amide bonds. The summed E-state index contributed by atoms with van der Waals surface area (Å²) in [4.78, 5) is 11.2. The lowest BCUT2D eigenvalue weighted by Crippen LogP contribution is -2.40. The first-order valence-electron chi connectivity index (χ1n) is 6.58. The van der Waals surface area contributed by atoms with Crippen molar-refractivity contribution in [2.75, 3.05) is 18.0 Å². The number of para-hydroxylation sites is 2. The molecule has 4 nitrogen and oxygen atoms in total. The van der Waals surface area contributed by atoms with E-state index in [1.54, 1.807) is 6.20 Å². The van der Waals surface area contributed by atoms with Crippen LogP contribution in [0.5, 0.6) is 0 Å². The molecule has 1 aliphatic heterocycles. The van der Waals surface area contributed by atoms with Crippen molar-refractivity contribution >= 4 is 16.9 Å². The van der Waals surface area contributed by atoms with Gasteiger partial charge in [-0.2, -0.15) is 0 Å². The highest BCUT2D eigenvalue weighted by Gasteiger charge is 2.48. The number of anilines is 1. The highest BCUT2D eigenvalue weighted by atomic mass is 16.3. The molecule has 2 aromatic rings. The van der Waals surface area contributed by atoms with Gasteiger partial charge in [0, 0.05) is 18.5 Å². The van der Waals surface area contributed by atoms with E-state index in [0.717, 1.165) is 23.4 Å². The van der Waals surface area contributed by atoms with Crippen LogP contribution in [0.3, 0.4) is 0 Å². The third kappa shape index (κ3) is 1.96. The average Bonchev–Trinajstić information content (AvgIpc) is 2.58. The quantitative estimate of drug-likeness (QED) is 0.851. The normalized spacial score (nSPS) is 26.0. The van der Waals surface area contributed by atoms with Crippen molar-refractivity contribution in [3.05, 3.63) is 30.5 Å². The molecule has 2 heterocycles. The van der Waals surface area contributed by atoms with Gasteiger partial charge in [-0.25, -0.2) is 4.98 Å². The van der Waals surface area contributed by atoms with Crippen LogP contribution in [0.2, 0.25) is 0 Å². The number of rotatable bonds is 1. The molecule has 1 saturated heterocycles. The lowest BCUT2D eigenvalue weighted by Gasteiger charge is -2.30. The maximum Gasteiger partial charge on any atom is 0.147 e. The highest BCUT2D eigenvalue weighted by molar-refractivity contribution is 5.75. The molecule has 1 fully saturated rings. The van der Waals surface area contributed by atoms with E-state index in [1.165, 1.54) is 0 Å². The van der Waals surface area contributed by atoms with Gasteiger partial charge in [-0.1, -0.05) is 26.0 Å². The fourth-order valence-electron chi connectivity index (χ4n) is 2.55. The standard InChI is InChI=1S/C15H19N3O/c1-14(2)9-18(10-15(14,3)19)13-8-16-11-6-4-5-7-12(11)17-13/h4-8,19H,9-10H2,1-3H3. The Balaban J connectivity index is 1.98. The maximum atomic E-state index is 10.5. The van der Waals surface area contributed by atoms with Gasteiger partial charge in [0.15, 0.2) is 0 Å². The van der Waals surface area contributed by atoms with E-state index in [0.29, 0.717) is 6.54 Å². The minimum atomic E-state index is -0.708. The Hall–Kier alpha value is -1.68. The molecule has 0 bridgehead atoms. The van der Waals surface area contributed by atoms with Crippen molar-refractivity contribution in [3.63, 3.8) is 0 Å². The largest absolute Gasteiger partial charge is 0.388 e. The minimum absolute atomic E-state index is 0.152. The van der Waals surface area contributed by atoms with Crippen molar-refractivity contribution in [2.24, 2.45) is 5.41 Å². The Morgan fingerprint density at radius 1 is 1.11 bits per heavy atom. The molecule has 0 saturated carbocycles. The third-order valence-electron chi connectivity index (χ3n) is 4.30. The van der Waals surface area contributed by atoms with Gasteiger partial charge < -0.3 is 10.0 Å². The minimum Gasteiger partial charge on any atom is -0.388 e. The van der Waals surface area contributed by atoms with E-state index < -0.39 is 5.60 Å². The Bertz CT molecular complexity index is 606. The molecule has 1 unspecified atom stereocenters. The number of hydrogen-bond donors (Lipinski definition) is 1. The first kappa shape index (κ1) is 12.4. The molecule has 3 rings (SSSR count). The zero-order valence-electron chi connectivity index (χ0n) is 11.6. The van der Waals surface area contributed by atoms with Crippen LogP contribution in [0.4, 0.5) is 5.82 Å². The van der Waals surface area contributed by atoms with E-state index in [4.69, 9.17) is 0 Å². The number of β-amino-alcohol motifs (C(OH)–C–C–N with tert-alkyl or cyclic N) is 1. The van der Waals surface area contributed by atoms with E-state index in [-0.39, 0.29) is 5.41 Å². The first-order chi connectivity index (χ1) is 8.89. The molecule has 1 aliphatic rings. The topological polar surface area (TPSA) is 49.2 Å². The summed E-state index contributed by atoms with van der Waals surface area (Å²) in [6, 6.07) is 7.84. The van der Waals surface area contributed by atoms with Crippen LogP contribution < -0.4 is 4.90 Å². The van der Waals surface area contributed by atoms with E-state index in [1.807, 2.05) is 31.2 Å². The molecule has 1 atom stereocenters. The summed E-state index contributed by atoms with van der Waals surface area (Å²) in [5.74, 6) is 0.838. The molecule has 1 aromatic heterocycles. The number of benzene rings is 1. The van der Waals surface area contributed by atoms with Gasteiger partial charge in [0.25, 0.3) is 0 Å². The molecule has 0 radical (unpaired) electrons. The Labute approximate surface area is 113 Å². The monoisotopic (exact) mass is 257 g/mol. The fourth-order valence-corrected chi connectivity index (χ4v) is 2.55. The predicted octanol–water partition coefficient (Wildman–Crippen LogP) is 2.23. The van der Waals surface area contributed by atoms with Crippen LogP contribution in [-0.2, 0) is 0 Å². The van der Waals surface area contributed by atoms with Crippen LogP contribution >= 0.6 is 0 Å². The van der Waals surface area contributed by atoms with Gasteiger partial charge >= 0.3 is 0 Å². The predicted molar refractivity (Wildman–Crippen MR) is 76.2 cm³/mol. The first-order valence-corrected chi connectivity index (χ1v) is 6.58. The van der Waals surface area contributed by atoms with Crippen molar-refractivity contribution in [1.82, 2.24) is 9.97 Å². The van der Waals surface area contributed by atoms with E-state index >= 15 is 0 Å². The smallest absolute Gasteiger partial charge is 0.147 e. The van der Waals surface area contributed by atoms with E-state index in [2.05, 4.69) is 28.7 Å². The van der Waals surface area contributed by atoms with E-state index in [9.17, 15) is 5.11 Å². The number of hydrogen-bond acceptors (Lipinski definition) is 4. The summed E-state index contributed by atoms with van der Waals surface area (Å²) in [5.41, 5.74) is 0.932. The molecule has 19 heavy (non-hydrogen) atoms. The second-order valence-corrected chi connectivity index (χ2v) is 6.23. The number of fused-ring (bicyclic) bond motifs is 1. The number of aliphatic hydroxyl groups is 1. The third-order valence-corrected chi connectivity index (χ3v) is 4.30. The Kier molecular flexibility index (Phi) is 2.54. The molecule has 1 N–H and O–H groups in total. The van der Waals surface area contributed by atoms with Crippen molar-refractivity contribution in [2.45, 2.75) is 26.4 Å². The lowest BCUT2D eigenvalue weighted by atomic mass is 9.79. The highest BCUT2D eigenvalue weighted by Crippen LogP contribution is 2.39. The van der Waals surface area contributed by atoms with Gasteiger partial charge in [-0.3, -0.25) is 4.98 Å². The number of aromatic nitrogens is 2. The van der Waals surface area contributed by atoms with Gasteiger partial charge in [0.2, 0.25) is 0 Å². The van der Waals surface area contributed by atoms with Crippen molar-refractivity contribution in [1.29, 1.82) is 0 Å². The molecule has 0 spiro atoms. The van der Waals surface area contributed by atoms with Crippen LogP contribution in [0.1, 0.15) is 20.8 Å². The molecule has 100 valence electrons. The second-order valence-electron chi connectivity index (χ2n) is 6.23. The molecule has 4 heteroatoms. The van der Waals surface area contributed by atoms with Gasteiger partial charge in [0.05, 0.1) is 22.8 Å². The SMILES string of the molecule is CC1(C)CN(c2cnc3ccccc3n2)CC1(C)O. The molecular formula is C15H19N3O. The summed E-state index contributed by atoms with van der Waals surface area (Å²) in [5, 5.41) is 10.5. The zero-order chi connectivity index (χ0) is 13.7. The van der Waals surface area contributed by atoms with Gasteiger partial charge in [0.1, 0.15) is 5.82 Å². The van der Waals surface area contributed by atoms with Crippen LogP contribution in [0.15, 0.2) is 30.5 Å². The Morgan fingerprint density at radius 2 is 1.79 bits per heavy atom. The van der Waals surface area contributed by atoms with Crippen LogP contribution in [0.25, 0.3) is 11.0 Å². The Morgan fingerprint density at radius 3 is 2.42 bits per heavy atom. The second kappa shape index (κ2) is 3.90. The number of nitrogens with zero attached hydrogens (tertiary/aromatic N) is 3. The summed E-state index contributed by atoms with van der Waals surface area (Å²) >= 11 is 0.